The lowest BCUT2D eigenvalue weighted by Gasteiger charge is -2.17. The van der Waals surface area contributed by atoms with Gasteiger partial charge in [-0.05, 0) is 48.6 Å². The van der Waals surface area contributed by atoms with Crippen LogP contribution in [0.2, 0.25) is 0 Å². The van der Waals surface area contributed by atoms with Gasteiger partial charge in [-0.3, -0.25) is 4.98 Å². The Morgan fingerprint density at radius 2 is 2.05 bits per heavy atom. The minimum Gasteiger partial charge on any atom is -0.256 e. The second-order valence-electron chi connectivity index (χ2n) is 5.15. The highest BCUT2D eigenvalue weighted by molar-refractivity contribution is 5.68. The molecule has 0 fully saturated rings. The quantitative estimate of drug-likeness (QED) is 0.818. The summed E-state index contributed by atoms with van der Waals surface area (Å²) in [6.45, 7) is 5.73. The minimum absolute atomic E-state index is 0.0287. The van der Waals surface area contributed by atoms with Crippen LogP contribution in [0.5, 0.6) is 0 Å². The number of benzene rings is 1. The summed E-state index contributed by atoms with van der Waals surface area (Å²) in [5.41, 5.74) is 1.58. The summed E-state index contributed by atoms with van der Waals surface area (Å²) < 4.78 is 28.5. The molecule has 0 aliphatic rings. The maximum absolute atomic E-state index is 14.6. The van der Waals surface area contributed by atoms with Crippen molar-refractivity contribution < 1.29 is 8.78 Å². The predicted octanol–water partition coefficient (Wildman–Crippen LogP) is 4.72. The van der Waals surface area contributed by atoms with Crippen LogP contribution in [-0.2, 0) is 0 Å². The van der Waals surface area contributed by atoms with E-state index in [1.165, 1.54) is 6.07 Å². The molecule has 1 aromatic carbocycles. The van der Waals surface area contributed by atoms with Crippen molar-refractivity contribution in [2.75, 3.05) is 0 Å². The zero-order valence-electron chi connectivity index (χ0n) is 12.2. The highest BCUT2D eigenvalue weighted by Crippen LogP contribution is 2.35. The lowest BCUT2D eigenvalue weighted by atomic mass is 9.89. The Morgan fingerprint density at radius 1 is 1.33 bits per heavy atom. The molecule has 0 N–H and O–H groups in total. The summed E-state index contributed by atoms with van der Waals surface area (Å²) in [5.74, 6) is -1.67. The van der Waals surface area contributed by atoms with Crippen LogP contribution < -0.4 is 0 Å². The Hall–Kier alpha value is -2.28. The van der Waals surface area contributed by atoms with E-state index in [1.807, 2.05) is 20.8 Å². The molecular weight excluding hydrogens is 270 g/mol. The van der Waals surface area contributed by atoms with Gasteiger partial charge < -0.3 is 0 Å². The molecule has 1 atom stereocenters. The summed E-state index contributed by atoms with van der Waals surface area (Å²) in [7, 11) is 0. The molecule has 1 heterocycles. The summed E-state index contributed by atoms with van der Waals surface area (Å²) in [6.07, 6.45) is 2.32. The topological polar surface area (TPSA) is 36.7 Å². The van der Waals surface area contributed by atoms with Crippen molar-refractivity contribution in [3.63, 3.8) is 0 Å². The van der Waals surface area contributed by atoms with Crippen LogP contribution >= 0.6 is 0 Å². The maximum atomic E-state index is 14.6. The first-order valence-electron chi connectivity index (χ1n) is 6.84. The number of rotatable bonds is 3. The molecule has 108 valence electrons. The molecule has 21 heavy (non-hydrogen) atoms. The molecule has 1 aromatic heterocycles. The number of hydrogen-bond acceptors (Lipinski definition) is 2. The summed E-state index contributed by atoms with van der Waals surface area (Å²) in [5, 5.41) is 8.96. The van der Waals surface area contributed by atoms with Crippen molar-refractivity contribution in [3.05, 3.63) is 52.7 Å². The maximum Gasteiger partial charge on any atom is 0.153 e. The number of aromatic nitrogens is 1. The van der Waals surface area contributed by atoms with E-state index in [2.05, 4.69) is 4.98 Å². The van der Waals surface area contributed by atoms with Gasteiger partial charge in [-0.2, -0.15) is 5.26 Å². The molecule has 2 aromatic rings. The SMILES string of the molecule is CCC(C)c1cc(F)c(C#N)c(F)c1-c1cc(C)ccn1. The van der Waals surface area contributed by atoms with Crippen molar-refractivity contribution in [1.29, 1.82) is 5.26 Å². The van der Waals surface area contributed by atoms with E-state index in [9.17, 15) is 8.78 Å². The number of hydrogen-bond donors (Lipinski definition) is 0. The van der Waals surface area contributed by atoms with Crippen LogP contribution in [-0.4, -0.2) is 4.98 Å². The zero-order chi connectivity index (χ0) is 15.6. The summed E-state index contributed by atoms with van der Waals surface area (Å²) in [6, 6.07) is 6.40. The average Bonchev–Trinajstić information content (AvgIpc) is 2.46. The molecule has 0 aliphatic heterocycles. The highest BCUT2D eigenvalue weighted by atomic mass is 19.1. The third-order valence-electron chi connectivity index (χ3n) is 3.68. The van der Waals surface area contributed by atoms with Gasteiger partial charge >= 0.3 is 0 Å². The largest absolute Gasteiger partial charge is 0.256 e. The van der Waals surface area contributed by atoms with Crippen LogP contribution in [0.4, 0.5) is 8.78 Å². The normalized spacial score (nSPS) is 12.0. The van der Waals surface area contributed by atoms with E-state index in [0.29, 0.717) is 11.3 Å². The van der Waals surface area contributed by atoms with Gasteiger partial charge in [-0.25, -0.2) is 8.78 Å². The van der Waals surface area contributed by atoms with Gasteiger partial charge in [0.1, 0.15) is 17.4 Å². The van der Waals surface area contributed by atoms with Crippen molar-refractivity contribution in [3.8, 4) is 17.3 Å². The van der Waals surface area contributed by atoms with Crippen LogP contribution in [0.15, 0.2) is 24.4 Å². The van der Waals surface area contributed by atoms with Crippen LogP contribution in [0.3, 0.4) is 0 Å². The first-order valence-corrected chi connectivity index (χ1v) is 6.84. The Labute approximate surface area is 123 Å². The smallest absolute Gasteiger partial charge is 0.153 e. The molecule has 2 rings (SSSR count). The van der Waals surface area contributed by atoms with E-state index < -0.39 is 17.2 Å². The number of aryl methyl sites for hydroxylation is 1. The molecule has 0 amide bonds. The first-order chi connectivity index (χ1) is 9.99. The Bertz CT molecular complexity index is 717. The first kappa shape index (κ1) is 15.1. The standard InChI is InChI=1S/C17H16F2N2/c1-4-11(3)12-8-14(18)13(9-20)17(19)16(12)15-7-10(2)5-6-21-15/h5-8,11H,4H2,1-3H3. The highest BCUT2D eigenvalue weighted by Gasteiger charge is 2.23. The molecule has 2 nitrogen and oxygen atoms in total. The van der Waals surface area contributed by atoms with Crippen LogP contribution in [0, 0.1) is 29.9 Å². The second-order valence-corrected chi connectivity index (χ2v) is 5.15. The number of nitriles is 1. The van der Waals surface area contributed by atoms with Crippen molar-refractivity contribution in [1.82, 2.24) is 4.98 Å². The molecular formula is C17H16F2N2. The van der Waals surface area contributed by atoms with Crippen molar-refractivity contribution in [2.24, 2.45) is 0 Å². The van der Waals surface area contributed by atoms with Gasteiger partial charge in [0, 0.05) is 11.8 Å². The third-order valence-corrected chi connectivity index (χ3v) is 3.68. The fourth-order valence-electron chi connectivity index (χ4n) is 2.28. The molecule has 0 saturated carbocycles. The fraction of sp³-hybridized carbons (Fsp3) is 0.294. The fourth-order valence-corrected chi connectivity index (χ4v) is 2.28. The molecule has 4 heteroatoms. The number of pyridine rings is 1. The van der Waals surface area contributed by atoms with Gasteiger partial charge in [0.05, 0.1) is 5.69 Å². The molecule has 0 spiro atoms. The van der Waals surface area contributed by atoms with E-state index in [4.69, 9.17) is 5.26 Å². The van der Waals surface area contributed by atoms with Gasteiger partial charge in [-0.1, -0.05) is 13.8 Å². The van der Waals surface area contributed by atoms with Gasteiger partial charge in [-0.15, -0.1) is 0 Å². The number of nitrogens with zero attached hydrogens (tertiary/aromatic N) is 2. The van der Waals surface area contributed by atoms with E-state index in [-0.39, 0.29) is 11.5 Å². The average molecular weight is 286 g/mol. The summed E-state index contributed by atoms with van der Waals surface area (Å²) >= 11 is 0. The van der Waals surface area contributed by atoms with Crippen LogP contribution in [0.1, 0.15) is 42.9 Å². The van der Waals surface area contributed by atoms with E-state index >= 15 is 0 Å². The van der Waals surface area contributed by atoms with Gasteiger partial charge in [0.25, 0.3) is 0 Å². The van der Waals surface area contributed by atoms with Crippen molar-refractivity contribution >= 4 is 0 Å². The zero-order valence-corrected chi connectivity index (χ0v) is 12.2. The van der Waals surface area contributed by atoms with Gasteiger partial charge in [0.2, 0.25) is 0 Å². The molecule has 0 radical (unpaired) electrons. The molecule has 0 saturated heterocycles. The third kappa shape index (κ3) is 2.78. The van der Waals surface area contributed by atoms with Crippen LogP contribution in [0.25, 0.3) is 11.3 Å². The predicted molar refractivity (Wildman–Crippen MR) is 77.7 cm³/mol. The van der Waals surface area contributed by atoms with E-state index in [1.54, 1.807) is 24.4 Å². The molecule has 1 unspecified atom stereocenters. The molecule has 0 aliphatic carbocycles. The van der Waals surface area contributed by atoms with E-state index in [0.717, 1.165) is 12.0 Å². The lowest BCUT2D eigenvalue weighted by molar-refractivity contribution is 0.570. The monoisotopic (exact) mass is 286 g/mol. The number of halogens is 2. The Balaban J connectivity index is 2.81. The second kappa shape index (κ2) is 6.01. The van der Waals surface area contributed by atoms with Crippen molar-refractivity contribution in [2.45, 2.75) is 33.1 Å². The molecule has 0 bridgehead atoms. The van der Waals surface area contributed by atoms with Gasteiger partial charge in [0.15, 0.2) is 5.82 Å². The lowest BCUT2D eigenvalue weighted by Crippen LogP contribution is -2.04. The Morgan fingerprint density at radius 3 is 2.62 bits per heavy atom. The summed E-state index contributed by atoms with van der Waals surface area (Å²) in [4.78, 5) is 4.18. The minimum atomic E-state index is -0.828. The Kier molecular flexibility index (Phi) is 4.32.